The van der Waals surface area contributed by atoms with E-state index in [1.807, 2.05) is 6.92 Å². The largest absolute Gasteiger partial charge is 0.481 e. The number of halogens is 1. The highest BCUT2D eigenvalue weighted by Crippen LogP contribution is 2.19. The predicted molar refractivity (Wildman–Crippen MR) is 59.4 cm³/mol. The van der Waals surface area contributed by atoms with E-state index in [0.717, 1.165) is 5.56 Å². The van der Waals surface area contributed by atoms with Gasteiger partial charge in [-0.1, -0.05) is 19.1 Å². The number of carboxylic acid groups (broad SMARTS) is 1. The summed E-state index contributed by atoms with van der Waals surface area (Å²) in [6.07, 6.45) is 0.159. The van der Waals surface area contributed by atoms with Gasteiger partial charge in [-0.15, -0.1) is 0 Å². The van der Waals surface area contributed by atoms with Crippen LogP contribution in [0.1, 0.15) is 18.9 Å². The Morgan fingerprint density at radius 3 is 2.60 bits per heavy atom. The Morgan fingerprint density at radius 1 is 1.47 bits per heavy atom. The molecule has 0 spiro atoms. The molecule has 0 saturated carbocycles. The van der Waals surface area contributed by atoms with E-state index in [2.05, 4.69) is 0 Å². The monoisotopic (exact) mass is 228 g/mol. The van der Waals surface area contributed by atoms with Crippen LogP contribution >= 0.6 is 11.8 Å². The van der Waals surface area contributed by atoms with Gasteiger partial charge in [0, 0.05) is 11.0 Å². The molecule has 0 aliphatic rings. The number of hydrogen-bond donors (Lipinski definition) is 1. The van der Waals surface area contributed by atoms with E-state index in [4.69, 9.17) is 5.11 Å². The first kappa shape index (κ1) is 12.0. The predicted octanol–water partition coefficient (Wildman–Crippen LogP) is 2.92. The Bertz CT molecular complexity index is 324. The fourth-order valence-corrected chi connectivity index (χ4v) is 2.05. The molecule has 0 radical (unpaired) electrons. The lowest BCUT2D eigenvalue weighted by Gasteiger charge is -2.07. The maximum absolute atomic E-state index is 12.6. The Morgan fingerprint density at radius 2 is 2.07 bits per heavy atom. The second kappa shape index (κ2) is 5.75. The van der Waals surface area contributed by atoms with Gasteiger partial charge < -0.3 is 5.11 Å². The average molecular weight is 228 g/mol. The van der Waals surface area contributed by atoms with Crippen molar-refractivity contribution in [2.45, 2.75) is 24.3 Å². The quantitative estimate of drug-likeness (QED) is 0.842. The maximum atomic E-state index is 12.6. The lowest BCUT2D eigenvalue weighted by molar-refractivity contribution is -0.136. The molecule has 1 unspecified atom stereocenters. The summed E-state index contributed by atoms with van der Waals surface area (Å²) in [5, 5.41) is 8.63. The fourth-order valence-electron chi connectivity index (χ4n) is 1.12. The van der Waals surface area contributed by atoms with Gasteiger partial charge in [-0.05, 0) is 17.7 Å². The van der Waals surface area contributed by atoms with Crippen molar-refractivity contribution in [2.75, 3.05) is 0 Å². The standard InChI is InChI=1S/C11H13FO2S/c1-8(6-11(13)14)15-7-9-2-4-10(12)5-3-9/h2-5,8H,6-7H2,1H3,(H,13,14). The highest BCUT2D eigenvalue weighted by atomic mass is 32.2. The van der Waals surface area contributed by atoms with E-state index in [1.165, 1.54) is 12.1 Å². The van der Waals surface area contributed by atoms with E-state index >= 15 is 0 Å². The molecule has 0 saturated heterocycles. The molecule has 1 N–H and O–H groups in total. The zero-order valence-electron chi connectivity index (χ0n) is 8.44. The zero-order valence-corrected chi connectivity index (χ0v) is 9.26. The summed E-state index contributed by atoms with van der Waals surface area (Å²) in [6, 6.07) is 6.27. The van der Waals surface area contributed by atoms with Crippen molar-refractivity contribution < 1.29 is 14.3 Å². The number of hydrogen-bond acceptors (Lipinski definition) is 2. The van der Waals surface area contributed by atoms with Crippen LogP contribution in [0.5, 0.6) is 0 Å². The summed E-state index contributed by atoms with van der Waals surface area (Å²) in [5.74, 6) is -0.314. The van der Waals surface area contributed by atoms with Crippen molar-refractivity contribution in [3.05, 3.63) is 35.6 Å². The molecule has 0 fully saturated rings. The number of benzene rings is 1. The van der Waals surface area contributed by atoms with Gasteiger partial charge in [0.25, 0.3) is 0 Å². The Hall–Kier alpha value is -1.03. The van der Waals surface area contributed by atoms with Crippen LogP contribution < -0.4 is 0 Å². The number of thioether (sulfide) groups is 1. The van der Waals surface area contributed by atoms with Crippen molar-refractivity contribution in [1.82, 2.24) is 0 Å². The van der Waals surface area contributed by atoms with Crippen LogP contribution in [0.4, 0.5) is 4.39 Å². The minimum Gasteiger partial charge on any atom is -0.481 e. The minimum absolute atomic E-state index is 0.0764. The molecule has 1 aromatic carbocycles. The topological polar surface area (TPSA) is 37.3 Å². The lowest BCUT2D eigenvalue weighted by atomic mass is 10.2. The summed E-state index contributed by atoms with van der Waals surface area (Å²) in [5.41, 5.74) is 1.01. The third-order valence-corrected chi connectivity index (χ3v) is 3.15. The minimum atomic E-state index is -0.783. The fraction of sp³-hybridized carbons (Fsp3) is 0.364. The maximum Gasteiger partial charge on any atom is 0.304 e. The van der Waals surface area contributed by atoms with E-state index in [-0.39, 0.29) is 17.5 Å². The molecule has 0 aliphatic heterocycles. The highest BCUT2D eigenvalue weighted by Gasteiger charge is 2.07. The van der Waals surface area contributed by atoms with E-state index in [1.54, 1.807) is 23.9 Å². The molecule has 1 atom stereocenters. The van der Waals surface area contributed by atoms with Gasteiger partial charge in [0.2, 0.25) is 0 Å². The van der Waals surface area contributed by atoms with Gasteiger partial charge in [-0.2, -0.15) is 11.8 Å². The molecule has 1 rings (SSSR count). The zero-order chi connectivity index (χ0) is 11.3. The third kappa shape index (κ3) is 4.83. The van der Waals surface area contributed by atoms with Gasteiger partial charge >= 0.3 is 5.97 Å². The molecule has 0 aromatic heterocycles. The summed E-state index contributed by atoms with van der Waals surface area (Å²) < 4.78 is 12.6. The molecule has 2 nitrogen and oxygen atoms in total. The molecule has 0 amide bonds. The van der Waals surface area contributed by atoms with Crippen molar-refractivity contribution in [3.8, 4) is 0 Å². The molecule has 0 heterocycles. The number of carboxylic acids is 1. The van der Waals surface area contributed by atoms with Crippen molar-refractivity contribution in [2.24, 2.45) is 0 Å². The first-order chi connectivity index (χ1) is 7.08. The van der Waals surface area contributed by atoms with Crippen LogP contribution in [-0.4, -0.2) is 16.3 Å². The molecule has 0 aliphatic carbocycles. The van der Waals surface area contributed by atoms with Gasteiger partial charge in [0.05, 0.1) is 6.42 Å². The first-order valence-corrected chi connectivity index (χ1v) is 5.70. The van der Waals surface area contributed by atoms with Gasteiger partial charge in [-0.25, -0.2) is 4.39 Å². The van der Waals surface area contributed by atoms with Crippen LogP contribution in [0.15, 0.2) is 24.3 Å². The smallest absolute Gasteiger partial charge is 0.304 e. The van der Waals surface area contributed by atoms with Crippen molar-refractivity contribution >= 4 is 17.7 Å². The number of aliphatic carboxylic acids is 1. The average Bonchev–Trinajstić information content (AvgIpc) is 2.16. The van der Waals surface area contributed by atoms with Gasteiger partial charge in [-0.3, -0.25) is 4.79 Å². The number of rotatable bonds is 5. The molecule has 82 valence electrons. The molecule has 15 heavy (non-hydrogen) atoms. The van der Waals surface area contributed by atoms with Gasteiger partial charge in [0.1, 0.15) is 5.82 Å². The van der Waals surface area contributed by atoms with Crippen LogP contribution in [-0.2, 0) is 10.5 Å². The normalized spacial score (nSPS) is 12.4. The summed E-state index contributed by atoms with van der Waals surface area (Å²) >= 11 is 1.56. The molecular weight excluding hydrogens is 215 g/mol. The van der Waals surface area contributed by atoms with Crippen LogP contribution in [0.2, 0.25) is 0 Å². The summed E-state index contributed by atoms with van der Waals surface area (Å²) in [4.78, 5) is 10.4. The Balaban J connectivity index is 2.36. The SMILES string of the molecule is CC(CC(=O)O)SCc1ccc(F)cc1. The summed E-state index contributed by atoms with van der Waals surface area (Å²) in [6.45, 7) is 1.88. The van der Waals surface area contributed by atoms with Crippen LogP contribution in [0.3, 0.4) is 0 Å². The third-order valence-electron chi connectivity index (χ3n) is 1.91. The van der Waals surface area contributed by atoms with Crippen molar-refractivity contribution in [3.63, 3.8) is 0 Å². The Kier molecular flexibility index (Phi) is 4.62. The second-order valence-electron chi connectivity index (χ2n) is 3.35. The second-order valence-corrected chi connectivity index (χ2v) is 4.77. The number of carbonyl (C=O) groups is 1. The molecular formula is C11H13FO2S. The Labute approximate surface area is 92.5 Å². The van der Waals surface area contributed by atoms with E-state index < -0.39 is 5.97 Å². The van der Waals surface area contributed by atoms with Gasteiger partial charge in [0.15, 0.2) is 0 Å². The van der Waals surface area contributed by atoms with E-state index in [0.29, 0.717) is 5.75 Å². The van der Waals surface area contributed by atoms with E-state index in [9.17, 15) is 9.18 Å². The molecule has 1 aromatic rings. The first-order valence-electron chi connectivity index (χ1n) is 4.66. The molecule has 0 bridgehead atoms. The lowest BCUT2D eigenvalue weighted by Crippen LogP contribution is -2.05. The van der Waals surface area contributed by atoms with Crippen LogP contribution in [0, 0.1) is 5.82 Å². The van der Waals surface area contributed by atoms with Crippen LogP contribution in [0.25, 0.3) is 0 Å². The summed E-state index contributed by atoms with van der Waals surface area (Å²) in [7, 11) is 0. The highest BCUT2D eigenvalue weighted by molar-refractivity contribution is 7.99. The van der Waals surface area contributed by atoms with Crippen molar-refractivity contribution in [1.29, 1.82) is 0 Å². The molecule has 4 heteroatoms.